The van der Waals surface area contributed by atoms with E-state index in [-0.39, 0.29) is 32.6 Å². The van der Waals surface area contributed by atoms with Crippen LogP contribution in [0.3, 0.4) is 0 Å². The molecular formula is C47H86NO8P. The van der Waals surface area contributed by atoms with E-state index >= 15 is 0 Å². The number of phosphoric ester groups is 1. The predicted octanol–water partition coefficient (Wildman–Crippen LogP) is 13.5. The number of unbranched alkanes of at least 4 members (excludes halogenated alkanes) is 22. The molecule has 2 atom stereocenters. The standard InChI is InChI=1S/C47H86NO8P/c1-3-5-7-9-11-13-15-17-19-20-21-22-23-24-26-27-29-31-33-35-37-39-46(49)53-43-45(44-55-57(51,52)54-42-41-48)56-47(50)40-38-36-34-32-30-28-25-18-16-14-12-10-8-6-4-2/h6,8,12,14,18,25,30,32,45H,3-5,7,9-11,13,15-17,19-24,26-29,31,33-44,48H2,1-2H3,(H,51,52)/t45-/m1/s1. The van der Waals surface area contributed by atoms with Crippen LogP contribution >= 0.6 is 7.82 Å². The van der Waals surface area contributed by atoms with E-state index < -0.39 is 32.5 Å². The van der Waals surface area contributed by atoms with E-state index in [0.717, 1.165) is 57.8 Å². The number of rotatable bonds is 43. The third-order valence-electron chi connectivity index (χ3n) is 9.73. The lowest BCUT2D eigenvalue weighted by atomic mass is 10.0. The van der Waals surface area contributed by atoms with Crippen LogP contribution in [0.15, 0.2) is 48.6 Å². The smallest absolute Gasteiger partial charge is 0.462 e. The number of carbonyl (C=O) groups is 2. The van der Waals surface area contributed by atoms with E-state index in [4.69, 9.17) is 24.3 Å². The van der Waals surface area contributed by atoms with Gasteiger partial charge in [-0.15, -0.1) is 0 Å². The van der Waals surface area contributed by atoms with Crippen LogP contribution in [-0.2, 0) is 32.7 Å². The van der Waals surface area contributed by atoms with Gasteiger partial charge in [0.2, 0.25) is 0 Å². The van der Waals surface area contributed by atoms with E-state index in [1.54, 1.807) is 0 Å². The van der Waals surface area contributed by atoms with Crippen molar-refractivity contribution in [1.29, 1.82) is 0 Å². The van der Waals surface area contributed by atoms with Gasteiger partial charge in [0.05, 0.1) is 13.2 Å². The first kappa shape index (κ1) is 55.0. The molecule has 0 fully saturated rings. The Balaban J connectivity index is 4.10. The summed E-state index contributed by atoms with van der Waals surface area (Å²) in [5.41, 5.74) is 5.35. The fraction of sp³-hybridized carbons (Fsp3) is 0.787. The summed E-state index contributed by atoms with van der Waals surface area (Å²) < 4.78 is 32.8. The first-order chi connectivity index (χ1) is 27.8. The average Bonchev–Trinajstić information content (AvgIpc) is 3.20. The molecule has 0 aliphatic heterocycles. The van der Waals surface area contributed by atoms with Crippen molar-refractivity contribution >= 4 is 19.8 Å². The summed E-state index contributed by atoms with van der Waals surface area (Å²) in [6.07, 6.45) is 50.1. The number of allylic oxidation sites excluding steroid dienone is 8. The molecule has 0 aromatic rings. The molecule has 1 unspecified atom stereocenters. The fourth-order valence-corrected chi connectivity index (χ4v) is 7.10. The first-order valence-electron chi connectivity index (χ1n) is 23.1. The maximum absolute atomic E-state index is 12.6. The van der Waals surface area contributed by atoms with Crippen molar-refractivity contribution in [2.75, 3.05) is 26.4 Å². The zero-order chi connectivity index (χ0) is 41.8. The predicted molar refractivity (Wildman–Crippen MR) is 238 cm³/mol. The third-order valence-corrected chi connectivity index (χ3v) is 10.7. The van der Waals surface area contributed by atoms with Crippen LogP contribution in [0.5, 0.6) is 0 Å². The van der Waals surface area contributed by atoms with Gasteiger partial charge in [-0.25, -0.2) is 4.57 Å². The number of nitrogens with two attached hydrogens (primary N) is 1. The highest BCUT2D eigenvalue weighted by Gasteiger charge is 2.26. The summed E-state index contributed by atoms with van der Waals surface area (Å²) in [6, 6.07) is 0. The first-order valence-corrected chi connectivity index (χ1v) is 24.6. The Hall–Kier alpha value is -2.03. The molecule has 332 valence electrons. The molecule has 3 N–H and O–H groups in total. The molecule has 0 amide bonds. The second-order valence-electron chi connectivity index (χ2n) is 15.2. The van der Waals surface area contributed by atoms with Crippen molar-refractivity contribution in [3.8, 4) is 0 Å². The van der Waals surface area contributed by atoms with Gasteiger partial charge < -0.3 is 20.1 Å². The van der Waals surface area contributed by atoms with E-state index in [1.807, 2.05) is 0 Å². The largest absolute Gasteiger partial charge is 0.472 e. The Labute approximate surface area is 349 Å². The van der Waals surface area contributed by atoms with E-state index in [0.29, 0.717) is 6.42 Å². The van der Waals surface area contributed by atoms with Crippen LogP contribution in [0, 0.1) is 0 Å². The molecule has 0 saturated heterocycles. The molecule has 0 spiro atoms. The summed E-state index contributed by atoms with van der Waals surface area (Å²) in [6.45, 7) is 3.59. The fourth-order valence-electron chi connectivity index (χ4n) is 6.33. The molecule has 0 radical (unpaired) electrons. The maximum atomic E-state index is 12.6. The van der Waals surface area contributed by atoms with Gasteiger partial charge in [0.25, 0.3) is 0 Å². The van der Waals surface area contributed by atoms with Gasteiger partial charge >= 0.3 is 19.8 Å². The van der Waals surface area contributed by atoms with Crippen molar-refractivity contribution < 1.29 is 37.6 Å². The van der Waals surface area contributed by atoms with Crippen LogP contribution in [0.2, 0.25) is 0 Å². The van der Waals surface area contributed by atoms with Gasteiger partial charge in [0, 0.05) is 19.4 Å². The van der Waals surface area contributed by atoms with Gasteiger partial charge in [0.15, 0.2) is 6.10 Å². The molecule has 0 aromatic carbocycles. The summed E-state index contributed by atoms with van der Waals surface area (Å²) in [5.74, 6) is -0.872. The minimum atomic E-state index is -4.39. The Morgan fingerprint density at radius 2 is 0.965 bits per heavy atom. The molecule has 0 aromatic heterocycles. The lowest BCUT2D eigenvalue weighted by molar-refractivity contribution is -0.161. The lowest BCUT2D eigenvalue weighted by Gasteiger charge is -2.19. The quantitative estimate of drug-likeness (QED) is 0.0267. The number of esters is 2. The molecule has 0 bridgehead atoms. The highest BCUT2D eigenvalue weighted by molar-refractivity contribution is 7.47. The molecule has 0 heterocycles. The Morgan fingerprint density at radius 1 is 0.544 bits per heavy atom. The van der Waals surface area contributed by atoms with Crippen molar-refractivity contribution in [3.05, 3.63) is 48.6 Å². The molecule has 9 nitrogen and oxygen atoms in total. The van der Waals surface area contributed by atoms with E-state index in [1.165, 1.54) is 116 Å². The van der Waals surface area contributed by atoms with Crippen molar-refractivity contribution in [1.82, 2.24) is 0 Å². The SMILES string of the molecule is CCC=CCC=CCC=CCC=CCCCCC(=O)O[C@H](COC(=O)CCCCCCCCCCCCCCCCCCCCCCC)COP(=O)(O)OCCN. The van der Waals surface area contributed by atoms with Crippen LogP contribution in [0.25, 0.3) is 0 Å². The number of ether oxygens (including phenoxy) is 2. The van der Waals surface area contributed by atoms with Crippen molar-refractivity contribution in [3.63, 3.8) is 0 Å². The zero-order valence-electron chi connectivity index (χ0n) is 36.6. The molecule has 0 saturated carbocycles. The lowest BCUT2D eigenvalue weighted by Crippen LogP contribution is -2.29. The van der Waals surface area contributed by atoms with Crippen LogP contribution < -0.4 is 5.73 Å². The average molecular weight is 824 g/mol. The normalized spacial score (nSPS) is 13.7. The van der Waals surface area contributed by atoms with Crippen LogP contribution in [-0.4, -0.2) is 49.3 Å². The molecule has 0 aliphatic carbocycles. The van der Waals surface area contributed by atoms with Gasteiger partial charge in [-0.1, -0.05) is 191 Å². The van der Waals surface area contributed by atoms with Crippen molar-refractivity contribution in [2.45, 2.75) is 213 Å². The highest BCUT2D eigenvalue weighted by Crippen LogP contribution is 2.43. The Morgan fingerprint density at radius 3 is 1.44 bits per heavy atom. The Bertz CT molecular complexity index is 1080. The number of phosphoric acid groups is 1. The second kappa shape index (κ2) is 43.5. The van der Waals surface area contributed by atoms with Gasteiger partial charge in [-0.05, 0) is 51.4 Å². The van der Waals surface area contributed by atoms with Crippen LogP contribution in [0.1, 0.15) is 206 Å². The van der Waals surface area contributed by atoms with E-state index in [9.17, 15) is 19.0 Å². The van der Waals surface area contributed by atoms with Gasteiger partial charge in [0.1, 0.15) is 6.61 Å². The molecule has 0 aliphatic rings. The summed E-state index contributed by atoms with van der Waals surface area (Å²) in [4.78, 5) is 34.9. The van der Waals surface area contributed by atoms with Gasteiger partial charge in [-0.3, -0.25) is 18.6 Å². The minimum Gasteiger partial charge on any atom is -0.462 e. The topological polar surface area (TPSA) is 134 Å². The van der Waals surface area contributed by atoms with Gasteiger partial charge in [-0.2, -0.15) is 0 Å². The van der Waals surface area contributed by atoms with E-state index in [2.05, 4.69) is 62.5 Å². The second-order valence-corrected chi connectivity index (χ2v) is 16.7. The van der Waals surface area contributed by atoms with Crippen LogP contribution in [0.4, 0.5) is 0 Å². The highest BCUT2D eigenvalue weighted by atomic mass is 31.2. The summed E-state index contributed by atoms with van der Waals surface area (Å²) >= 11 is 0. The number of hydrogen-bond acceptors (Lipinski definition) is 8. The summed E-state index contributed by atoms with van der Waals surface area (Å²) in [7, 11) is -4.39. The molecule has 10 heteroatoms. The monoisotopic (exact) mass is 824 g/mol. The maximum Gasteiger partial charge on any atom is 0.472 e. The number of hydrogen-bond donors (Lipinski definition) is 2. The molecule has 57 heavy (non-hydrogen) atoms. The van der Waals surface area contributed by atoms with Crippen molar-refractivity contribution in [2.24, 2.45) is 5.73 Å². The minimum absolute atomic E-state index is 0.0460. The Kier molecular flexibility index (Phi) is 42.0. The zero-order valence-corrected chi connectivity index (χ0v) is 37.5. The summed E-state index contributed by atoms with van der Waals surface area (Å²) in [5, 5.41) is 0. The molecule has 0 rings (SSSR count). The molecular weight excluding hydrogens is 737 g/mol. The third kappa shape index (κ3) is 43.4. The number of carbonyl (C=O) groups excluding carboxylic acids is 2.